The standard InChI is InChI=1S/C44H59N2O13P/c1-30(2)24-46(43(50)58-44(4,5)6)25-38(47)37(45-42(49)57-39-28-54-41-36(39)21-22-52-41)23-32-17-19-35(20-18-32)55-29-60(51,56-27-34-15-11-8-12-16-34)59-31(3)40(48)53-26-33-13-9-7-10-14-33/h7-20,30-31,36-39,41,47H,21-29H2,1-6H3,(H,45,49)/t31-,36+,37+,38-,39+,41-,60?/m1/s1. The first-order valence-corrected chi connectivity index (χ1v) is 22.0. The van der Waals surface area contributed by atoms with E-state index in [4.69, 9.17) is 37.5 Å². The molecule has 0 spiro atoms. The van der Waals surface area contributed by atoms with Gasteiger partial charge in [0.25, 0.3) is 0 Å². The maximum atomic E-state index is 14.1. The second-order valence-electron chi connectivity index (χ2n) is 16.4. The van der Waals surface area contributed by atoms with Gasteiger partial charge in [0.05, 0.1) is 44.4 Å². The molecule has 2 heterocycles. The first-order chi connectivity index (χ1) is 28.6. The van der Waals surface area contributed by atoms with Crippen LogP contribution in [-0.4, -0.2) is 97.1 Å². The zero-order valence-corrected chi connectivity index (χ0v) is 36.1. The van der Waals surface area contributed by atoms with Crippen molar-refractivity contribution in [3.8, 4) is 5.75 Å². The average molecular weight is 855 g/mol. The Labute approximate surface area is 352 Å². The largest absolute Gasteiger partial charge is 0.481 e. The molecule has 0 aliphatic carbocycles. The third kappa shape index (κ3) is 14.9. The monoisotopic (exact) mass is 854 g/mol. The number of rotatable bonds is 20. The van der Waals surface area contributed by atoms with Gasteiger partial charge >= 0.3 is 25.8 Å². The number of carbonyl (C=O) groups is 3. The summed E-state index contributed by atoms with van der Waals surface area (Å²) in [6.07, 6.45) is -4.38. The molecule has 3 aromatic rings. The van der Waals surface area contributed by atoms with Crippen molar-refractivity contribution < 1.29 is 61.5 Å². The smallest absolute Gasteiger partial charge is 0.410 e. The number of hydrogen-bond donors (Lipinski definition) is 2. The van der Waals surface area contributed by atoms with Crippen molar-refractivity contribution in [2.24, 2.45) is 11.8 Å². The first kappa shape index (κ1) is 46.6. The molecule has 2 aliphatic rings. The van der Waals surface area contributed by atoms with Crippen LogP contribution in [0.4, 0.5) is 9.59 Å². The lowest BCUT2D eigenvalue weighted by molar-refractivity contribution is -0.153. The zero-order valence-electron chi connectivity index (χ0n) is 35.2. The van der Waals surface area contributed by atoms with Crippen LogP contribution >= 0.6 is 7.60 Å². The van der Waals surface area contributed by atoms with E-state index in [2.05, 4.69) is 5.32 Å². The third-order valence-corrected chi connectivity index (χ3v) is 11.2. The van der Waals surface area contributed by atoms with Gasteiger partial charge < -0.3 is 48.3 Å². The molecule has 16 heteroatoms. The molecular formula is C44H59N2O13P. The van der Waals surface area contributed by atoms with Crippen LogP contribution in [-0.2, 0) is 61.7 Å². The lowest BCUT2D eigenvalue weighted by Gasteiger charge is -2.32. The van der Waals surface area contributed by atoms with E-state index in [1.165, 1.54) is 11.8 Å². The van der Waals surface area contributed by atoms with Crippen molar-refractivity contribution in [1.29, 1.82) is 0 Å². The molecule has 15 nitrogen and oxygen atoms in total. The lowest BCUT2D eigenvalue weighted by atomic mass is 10.0. The number of esters is 1. The summed E-state index contributed by atoms with van der Waals surface area (Å²) in [6.45, 7) is 11.5. The van der Waals surface area contributed by atoms with E-state index in [1.807, 2.05) is 74.5 Å². The minimum absolute atomic E-state index is 0.0196. The van der Waals surface area contributed by atoms with Gasteiger partial charge in [0.1, 0.15) is 24.1 Å². The van der Waals surface area contributed by atoms with Crippen LogP contribution in [0.3, 0.4) is 0 Å². The molecule has 328 valence electrons. The number of fused-ring (bicyclic) bond motifs is 1. The van der Waals surface area contributed by atoms with Crippen molar-refractivity contribution in [3.05, 3.63) is 102 Å². The molecule has 3 aromatic carbocycles. The molecule has 1 unspecified atom stereocenters. The first-order valence-electron chi connectivity index (χ1n) is 20.3. The predicted octanol–water partition coefficient (Wildman–Crippen LogP) is 7.23. The summed E-state index contributed by atoms with van der Waals surface area (Å²) in [6, 6.07) is 24.1. The van der Waals surface area contributed by atoms with Gasteiger partial charge in [-0.3, -0.25) is 9.09 Å². The van der Waals surface area contributed by atoms with Crippen molar-refractivity contribution >= 4 is 25.8 Å². The van der Waals surface area contributed by atoms with Crippen LogP contribution in [0.15, 0.2) is 84.9 Å². The highest BCUT2D eigenvalue weighted by atomic mass is 31.2. The molecule has 0 aromatic heterocycles. The number of amides is 2. The van der Waals surface area contributed by atoms with E-state index in [-0.39, 0.29) is 44.6 Å². The predicted molar refractivity (Wildman–Crippen MR) is 221 cm³/mol. The summed E-state index contributed by atoms with van der Waals surface area (Å²) < 4.78 is 59.5. The van der Waals surface area contributed by atoms with Crippen molar-refractivity contribution in [2.75, 3.05) is 32.7 Å². The van der Waals surface area contributed by atoms with Crippen LogP contribution in [0.2, 0.25) is 0 Å². The molecule has 7 atom stereocenters. The average Bonchev–Trinajstić information content (AvgIpc) is 3.83. The molecular weight excluding hydrogens is 795 g/mol. The van der Waals surface area contributed by atoms with Crippen molar-refractivity contribution in [2.45, 2.75) is 104 Å². The number of aliphatic hydroxyl groups excluding tert-OH is 1. The summed E-state index contributed by atoms with van der Waals surface area (Å²) in [5.74, 6) is -0.412. The zero-order chi connectivity index (χ0) is 43.3. The minimum Gasteiger partial charge on any atom is -0.481 e. The van der Waals surface area contributed by atoms with Gasteiger partial charge in [-0.15, -0.1) is 0 Å². The van der Waals surface area contributed by atoms with Crippen LogP contribution in [0.5, 0.6) is 5.75 Å². The molecule has 2 aliphatic heterocycles. The molecule has 2 saturated heterocycles. The molecule has 2 fully saturated rings. The van der Waals surface area contributed by atoms with E-state index in [0.29, 0.717) is 30.9 Å². The van der Waals surface area contributed by atoms with Crippen LogP contribution < -0.4 is 10.1 Å². The van der Waals surface area contributed by atoms with Crippen LogP contribution in [0.25, 0.3) is 0 Å². The Hall–Kier alpha value is -4.50. The Kier molecular flexibility index (Phi) is 17.0. The molecule has 0 radical (unpaired) electrons. The summed E-state index contributed by atoms with van der Waals surface area (Å²) in [7, 11) is -4.06. The summed E-state index contributed by atoms with van der Waals surface area (Å²) in [5, 5.41) is 14.5. The van der Waals surface area contributed by atoms with Crippen LogP contribution in [0, 0.1) is 11.8 Å². The molecule has 0 bridgehead atoms. The normalized spacial score (nSPS) is 20.0. The fraction of sp³-hybridized carbons (Fsp3) is 0.523. The number of nitrogens with one attached hydrogen (secondary N) is 1. The highest BCUT2D eigenvalue weighted by Crippen LogP contribution is 2.50. The number of aliphatic hydroxyl groups is 1. The summed E-state index contributed by atoms with van der Waals surface area (Å²) in [4.78, 5) is 40.8. The maximum absolute atomic E-state index is 14.1. The number of benzene rings is 3. The third-order valence-electron chi connectivity index (χ3n) is 9.57. The second kappa shape index (κ2) is 21.8. The minimum atomic E-state index is -4.06. The van der Waals surface area contributed by atoms with Crippen molar-refractivity contribution in [3.63, 3.8) is 0 Å². The Morgan fingerprint density at radius 1 is 0.883 bits per heavy atom. The Morgan fingerprint density at radius 2 is 1.53 bits per heavy atom. The second-order valence-corrected chi connectivity index (χ2v) is 18.3. The molecule has 60 heavy (non-hydrogen) atoms. The van der Waals surface area contributed by atoms with Gasteiger partial charge in [0.2, 0.25) is 0 Å². The quantitative estimate of drug-likeness (QED) is 0.0662. The molecule has 0 saturated carbocycles. The number of ether oxygens (including phenoxy) is 6. The van der Waals surface area contributed by atoms with Gasteiger partial charge in [0, 0.05) is 6.54 Å². The number of nitrogens with zero attached hydrogens (tertiary/aromatic N) is 1. The topological polar surface area (TPSA) is 178 Å². The van der Waals surface area contributed by atoms with E-state index in [9.17, 15) is 24.1 Å². The summed E-state index contributed by atoms with van der Waals surface area (Å²) in [5.41, 5.74) is 1.47. The van der Waals surface area contributed by atoms with Crippen molar-refractivity contribution in [1.82, 2.24) is 10.2 Å². The summed E-state index contributed by atoms with van der Waals surface area (Å²) >= 11 is 0. The van der Waals surface area contributed by atoms with Gasteiger partial charge in [0.15, 0.2) is 18.7 Å². The van der Waals surface area contributed by atoms with Gasteiger partial charge in [-0.05, 0) is 75.3 Å². The van der Waals surface area contributed by atoms with E-state index >= 15 is 0 Å². The highest BCUT2D eigenvalue weighted by molar-refractivity contribution is 7.53. The highest BCUT2D eigenvalue weighted by Gasteiger charge is 2.44. The Balaban J connectivity index is 1.26. The maximum Gasteiger partial charge on any atom is 0.410 e. The number of carbonyl (C=O) groups excluding carboxylic acids is 3. The number of alkyl carbamates (subject to hydrolysis) is 1. The van der Waals surface area contributed by atoms with E-state index in [0.717, 1.165) is 11.1 Å². The van der Waals surface area contributed by atoms with E-state index in [1.54, 1.807) is 45.0 Å². The fourth-order valence-electron chi connectivity index (χ4n) is 6.60. The molecule has 2 N–H and O–H groups in total. The fourth-order valence-corrected chi connectivity index (χ4v) is 8.02. The van der Waals surface area contributed by atoms with Crippen LogP contribution in [0.1, 0.15) is 64.7 Å². The van der Waals surface area contributed by atoms with Gasteiger partial charge in [-0.2, -0.15) is 0 Å². The Bertz CT molecular complexity index is 1860. The molecule has 2 amide bonds. The Morgan fingerprint density at radius 3 is 2.17 bits per heavy atom. The number of hydrogen-bond acceptors (Lipinski definition) is 13. The SMILES string of the molecule is CC(C)CN(C[C@@H](O)[C@H](Cc1ccc(OCP(=O)(OCc2ccccc2)O[C@H](C)C(=O)OCc2ccccc2)cc1)NC(=O)O[C@H]1CO[C@H]2OCC[C@H]21)C(=O)OC(C)(C)C. The molecule has 5 rings (SSSR count). The van der Waals surface area contributed by atoms with Gasteiger partial charge in [-0.1, -0.05) is 86.6 Å². The van der Waals surface area contributed by atoms with E-state index < -0.39 is 68.3 Å². The van der Waals surface area contributed by atoms with Gasteiger partial charge in [-0.25, -0.2) is 14.4 Å². The lowest BCUT2D eigenvalue weighted by Crippen LogP contribution is -2.52.